The highest BCUT2D eigenvalue weighted by Crippen LogP contribution is 2.41. The van der Waals surface area contributed by atoms with E-state index in [4.69, 9.17) is 9.47 Å². The van der Waals surface area contributed by atoms with Crippen molar-refractivity contribution in [2.24, 2.45) is 0 Å². The summed E-state index contributed by atoms with van der Waals surface area (Å²) < 4.78 is 11.6. The van der Waals surface area contributed by atoms with Crippen LogP contribution in [-0.4, -0.2) is 65.5 Å². The lowest BCUT2D eigenvalue weighted by Crippen LogP contribution is -2.33. The van der Waals surface area contributed by atoms with Crippen LogP contribution in [0.1, 0.15) is 63.3 Å². The molecule has 2 aromatic carbocycles. The largest absolute Gasteiger partial charge is 0.507 e. The fourth-order valence-corrected chi connectivity index (χ4v) is 5.18. The third-order valence-electron chi connectivity index (χ3n) is 7.12. The third kappa shape index (κ3) is 5.67. The van der Waals surface area contributed by atoms with E-state index in [1.807, 2.05) is 50.2 Å². The molecular weight excluding hydrogens is 468 g/mol. The molecule has 4 rings (SSSR count). The highest BCUT2D eigenvalue weighted by molar-refractivity contribution is 6.46. The molecule has 0 aromatic heterocycles. The number of aliphatic hydroxyl groups excluding tert-OH is 1. The van der Waals surface area contributed by atoms with Gasteiger partial charge in [-0.3, -0.25) is 9.59 Å². The minimum atomic E-state index is -0.690. The molecule has 7 nitrogen and oxygen atoms in total. The van der Waals surface area contributed by atoms with E-state index in [0.29, 0.717) is 24.5 Å². The Hall–Kier alpha value is -3.32. The van der Waals surface area contributed by atoms with Crippen molar-refractivity contribution in [2.45, 2.75) is 59.1 Å². The molecular formula is C30H38N2O5. The van der Waals surface area contributed by atoms with Crippen molar-refractivity contribution in [1.29, 1.82) is 0 Å². The van der Waals surface area contributed by atoms with Crippen LogP contribution >= 0.6 is 0 Å². The number of hydrogen-bond donors (Lipinski definition) is 1. The van der Waals surface area contributed by atoms with Gasteiger partial charge in [-0.25, -0.2) is 0 Å². The van der Waals surface area contributed by atoms with Crippen LogP contribution in [0.2, 0.25) is 0 Å². The van der Waals surface area contributed by atoms with E-state index in [1.165, 1.54) is 0 Å². The molecule has 7 heteroatoms. The van der Waals surface area contributed by atoms with Crippen molar-refractivity contribution >= 4 is 17.4 Å². The summed E-state index contributed by atoms with van der Waals surface area (Å²) in [7, 11) is 0. The maximum Gasteiger partial charge on any atom is 0.295 e. The van der Waals surface area contributed by atoms with Crippen LogP contribution in [0.15, 0.2) is 48.0 Å². The van der Waals surface area contributed by atoms with Crippen LogP contribution in [0, 0.1) is 0 Å². The van der Waals surface area contributed by atoms with E-state index in [9.17, 15) is 14.7 Å². The van der Waals surface area contributed by atoms with Gasteiger partial charge in [0.1, 0.15) is 23.4 Å². The molecule has 0 unspecified atom stereocenters. The normalized spacial score (nSPS) is 20.4. The zero-order chi connectivity index (χ0) is 26.5. The first-order valence-electron chi connectivity index (χ1n) is 13.4. The molecule has 2 atom stereocenters. The molecule has 37 heavy (non-hydrogen) atoms. The van der Waals surface area contributed by atoms with Gasteiger partial charge in [-0.2, -0.15) is 0 Å². The smallest absolute Gasteiger partial charge is 0.295 e. The number of Topliss-reactive ketones (excluding diaryl/α,β-unsaturated/α-hetero) is 1. The van der Waals surface area contributed by atoms with Crippen LogP contribution in [0.4, 0.5) is 0 Å². The van der Waals surface area contributed by atoms with Gasteiger partial charge in [0.15, 0.2) is 0 Å². The summed E-state index contributed by atoms with van der Waals surface area (Å²) in [6, 6.07) is 12.2. The highest BCUT2D eigenvalue weighted by Gasteiger charge is 2.46. The number of fused-ring (bicyclic) bond motifs is 1. The lowest BCUT2D eigenvalue weighted by atomic mass is 9.94. The number of benzene rings is 2. The van der Waals surface area contributed by atoms with Crippen LogP contribution in [0.5, 0.6) is 11.5 Å². The molecule has 0 saturated carbocycles. The molecule has 2 heterocycles. The monoisotopic (exact) mass is 506 g/mol. The lowest BCUT2D eigenvalue weighted by Gasteiger charge is -2.27. The van der Waals surface area contributed by atoms with E-state index in [-0.39, 0.29) is 17.4 Å². The summed E-state index contributed by atoms with van der Waals surface area (Å²) in [5, 5.41) is 11.5. The fraction of sp³-hybridized carbons (Fsp3) is 0.467. The average molecular weight is 507 g/mol. The molecule has 2 aliphatic heterocycles. The number of rotatable bonds is 11. The summed E-state index contributed by atoms with van der Waals surface area (Å²) in [6.45, 7) is 11.9. The Morgan fingerprint density at radius 3 is 2.65 bits per heavy atom. The van der Waals surface area contributed by atoms with E-state index < -0.39 is 17.7 Å². The number of carbonyl (C=O) groups is 2. The fourth-order valence-electron chi connectivity index (χ4n) is 5.18. The van der Waals surface area contributed by atoms with E-state index in [0.717, 1.165) is 55.8 Å². The number of carbonyl (C=O) groups excluding carboxylic acids is 2. The number of aliphatic hydroxyl groups is 1. The summed E-state index contributed by atoms with van der Waals surface area (Å²) in [4.78, 5) is 30.6. The average Bonchev–Trinajstić information content (AvgIpc) is 3.40. The maximum atomic E-state index is 13.4. The minimum absolute atomic E-state index is 0.0645. The minimum Gasteiger partial charge on any atom is -0.507 e. The number of nitrogens with zero attached hydrogens (tertiary/aromatic N) is 2. The quantitative estimate of drug-likeness (QED) is 0.264. The second-order valence-electron chi connectivity index (χ2n) is 9.75. The van der Waals surface area contributed by atoms with Crippen LogP contribution in [-0.2, 0) is 16.0 Å². The van der Waals surface area contributed by atoms with E-state index in [2.05, 4.69) is 18.7 Å². The Bertz CT molecular complexity index is 1170. The zero-order valence-electron chi connectivity index (χ0n) is 22.3. The maximum absolute atomic E-state index is 13.4. The van der Waals surface area contributed by atoms with Crippen LogP contribution < -0.4 is 9.47 Å². The van der Waals surface area contributed by atoms with Crippen molar-refractivity contribution < 1.29 is 24.2 Å². The first-order valence-corrected chi connectivity index (χ1v) is 13.4. The van der Waals surface area contributed by atoms with Gasteiger partial charge in [-0.15, -0.1) is 0 Å². The number of likely N-dealkylation sites (tertiary alicyclic amines) is 1. The molecule has 0 bridgehead atoms. The standard InChI is InChI=1S/C30H38N2O5/c1-5-16-36-24-11-8-10-21(19-24)27-26(28(33)22-12-13-25-23(18-22)17-20(4)37-25)29(34)30(35)32(27)15-9-14-31(6-2)7-3/h8,10-13,18-20,27,33H,5-7,9,14-17H2,1-4H3/b28-26+/t20-,27+/m1/s1. The molecule has 0 spiro atoms. The summed E-state index contributed by atoms with van der Waals surface area (Å²) >= 11 is 0. The first kappa shape index (κ1) is 26.7. The predicted octanol–water partition coefficient (Wildman–Crippen LogP) is 4.95. The van der Waals surface area contributed by atoms with Crippen molar-refractivity contribution in [3.05, 3.63) is 64.7 Å². The Morgan fingerprint density at radius 1 is 1.14 bits per heavy atom. The summed E-state index contributed by atoms with van der Waals surface area (Å²) in [6.07, 6.45) is 2.39. The molecule has 2 aromatic rings. The molecule has 0 aliphatic carbocycles. The number of hydrogen-bond acceptors (Lipinski definition) is 6. The highest BCUT2D eigenvalue weighted by atomic mass is 16.5. The Kier molecular flexibility index (Phi) is 8.54. The first-order chi connectivity index (χ1) is 17.9. The number of ketones is 1. The van der Waals surface area contributed by atoms with Crippen molar-refractivity contribution in [3.8, 4) is 11.5 Å². The van der Waals surface area contributed by atoms with Crippen LogP contribution in [0.3, 0.4) is 0 Å². The van der Waals surface area contributed by atoms with Crippen molar-refractivity contribution in [3.63, 3.8) is 0 Å². The van der Waals surface area contributed by atoms with Gasteiger partial charge in [-0.1, -0.05) is 32.9 Å². The predicted molar refractivity (Wildman–Crippen MR) is 144 cm³/mol. The van der Waals surface area contributed by atoms with Gasteiger partial charge in [0.2, 0.25) is 0 Å². The van der Waals surface area contributed by atoms with Gasteiger partial charge < -0.3 is 24.4 Å². The third-order valence-corrected chi connectivity index (χ3v) is 7.12. The van der Waals surface area contributed by atoms with E-state index >= 15 is 0 Å². The molecule has 0 radical (unpaired) electrons. The summed E-state index contributed by atoms with van der Waals surface area (Å²) in [5.74, 6) is 0.0752. The topological polar surface area (TPSA) is 79.3 Å². The lowest BCUT2D eigenvalue weighted by molar-refractivity contribution is -0.140. The van der Waals surface area contributed by atoms with Crippen LogP contribution in [0.25, 0.3) is 5.76 Å². The van der Waals surface area contributed by atoms with Gasteiger partial charge in [-0.05, 0) is 80.9 Å². The molecule has 1 saturated heterocycles. The Labute approximate surface area is 219 Å². The van der Waals surface area contributed by atoms with Crippen molar-refractivity contribution in [1.82, 2.24) is 9.80 Å². The van der Waals surface area contributed by atoms with Gasteiger partial charge >= 0.3 is 0 Å². The number of ether oxygens (including phenoxy) is 2. The molecule has 1 amide bonds. The summed E-state index contributed by atoms with van der Waals surface area (Å²) in [5.41, 5.74) is 2.36. The van der Waals surface area contributed by atoms with Gasteiger partial charge in [0.05, 0.1) is 18.2 Å². The molecule has 1 N–H and O–H groups in total. The van der Waals surface area contributed by atoms with Gasteiger partial charge in [0, 0.05) is 18.5 Å². The Morgan fingerprint density at radius 2 is 1.92 bits per heavy atom. The number of amides is 1. The van der Waals surface area contributed by atoms with Gasteiger partial charge in [0.25, 0.3) is 11.7 Å². The SMILES string of the molecule is CCCOc1cccc([C@H]2/C(=C(\O)c3ccc4c(c3)C[C@@H](C)O4)C(=O)C(=O)N2CCCN(CC)CC)c1. The van der Waals surface area contributed by atoms with E-state index in [1.54, 1.807) is 11.0 Å². The second kappa shape index (κ2) is 11.8. The molecule has 1 fully saturated rings. The second-order valence-corrected chi connectivity index (χ2v) is 9.75. The van der Waals surface area contributed by atoms with Crippen molar-refractivity contribution in [2.75, 3.05) is 32.8 Å². The molecule has 198 valence electrons. The Balaban J connectivity index is 1.74. The molecule has 2 aliphatic rings. The zero-order valence-corrected chi connectivity index (χ0v) is 22.3.